The number of pyridine rings is 1. The number of amidine groups is 1. The molecule has 88 valence electrons. The standard InChI is InChI=1S/C11H17N3OS/c1-8(4-6-15)16-7-9-3-2-5-14-10(9)11(12)13/h2-3,5,8,15H,4,6-7H2,1H3,(H3,12,13). The van der Waals surface area contributed by atoms with Gasteiger partial charge in [-0.05, 0) is 18.1 Å². The number of aromatic nitrogens is 1. The maximum Gasteiger partial charge on any atom is 0.142 e. The summed E-state index contributed by atoms with van der Waals surface area (Å²) in [4.78, 5) is 4.09. The predicted molar refractivity (Wildman–Crippen MR) is 67.7 cm³/mol. The van der Waals surface area contributed by atoms with Crippen molar-refractivity contribution >= 4 is 17.6 Å². The Morgan fingerprint density at radius 1 is 1.69 bits per heavy atom. The zero-order valence-corrected chi connectivity index (χ0v) is 10.1. The van der Waals surface area contributed by atoms with Crippen molar-refractivity contribution < 1.29 is 5.11 Å². The van der Waals surface area contributed by atoms with Gasteiger partial charge in [-0.3, -0.25) is 10.4 Å². The highest BCUT2D eigenvalue weighted by Gasteiger charge is 2.08. The van der Waals surface area contributed by atoms with E-state index in [0.717, 1.165) is 17.7 Å². The molecule has 1 aromatic heterocycles. The van der Waals surface area contributed by atoms with Crippen molar-refractivity contribution in [1.82, 2.24) is 4.98 Å². The fourth-order valence-electron chi connectivity index (χ4n) is 1.29. The summed E-state index contributed by atoms with van der Waals surface area (Å²) >= 11 is 1.73. The summed E-state index contributed by atoms with van der Waals surface area (Å²) in [6.07, 6.45) is 2.42. The lowest BCUT2D eigenvalue weighted by atomic mass is 10.2. The van der Waals surface area contributed by atoms with Gasteiger partial charge in [-0.25, -0.2) is 0 Å². The average molecular weight is 239 g/mol. The van der Waals surface area contributed by atoms with E-state index in [1.807, 2.05) is 12.1 Å². The highest BCUT2D eigenvalue weighted by atomic mass is 32.2. The quantitative estimate of drug-likeness (QED) is 0.517. The molecule has 1 rings (SSSR count). The number of nitrogens with zero attached hydrogens (tertiary/aromatic N) is 1. The van der Waals surface area contributed by atoms with E-state index in [-0.39, 0.29) is 12.4 Å². The van der Waals surface area contributed by atoms with Crippen LogP contribution in [0.2, 0.25) is 0 Å². The van der Waals surface area contributed by atoms with Gasteiger partial charge >= 0.3 is 0 Å². The molecule has 1 heterocycles. The molecule has 0 spiro atoms. The monoisotopic (exact) mass is 239 g/mol. The van der Waals surface area contributed by atoms with E-state index >= 15 is 0 Å². The molecule has 0 aromatic carbocycles. The fraction of sp³-hybridized carbons (Fsp3) is 0.455. The van der Waals surface area contributed by atoms with Crippen LogP contribution in [0.1, 0.15) is 24.6 Å². The van der Waals surface area contributed by atoms with Crippen LogP contribution in [0.25, 0.3) is 0 Å². The van der Waals surface area contributed by atoms with Crippen LogP contribution >= 0.6 is 11.8 Å². The number of thioether (sulfide) groups is 1. The Morgan fingerprint density at radius 3 is 3.06 bits per heavy atom. The number of nitrogens with two attached hydrogens (primary N) is 1. The van der Waals surface area contributed by atoms with Gasteiger partial charge in [-0.2, -0.15) is 11.8 Å². The summed E-state index contributed by atoms with van der Waals surface area (Å²) in [5.74, 6) is 0.773. The van der Waals surface area contributed by atoms with E-state index in [4.69, 9.17) is 16.2 Å². The number of rotatable bonds is 6. The smallest absolute Gasteiger partial charge is 0.142 e. The van der Waals surface area contributed by atoms with Crippen molar-refractivity contribution in [3.05, 3.63) is 29.6 Å². The lowest BCUT2D eigenvalue weighted by Crippen LogP contribution is -2.15. The molecule has 0 amide bonds. The van der Waals surface area contributed by atoms with E-state index in [2.05, 4.69) is 11.9 Å². The molecule has 0 saturated carbocycles. The lowest BCUT2D eigenvalue weighted by molar-refractivity contribution is 0.289. The number of aliphatic hydroxyl groups excluding tert-OH is 1. The number of nitrogens with one attached hydrogen (secondary N) is 1. The molecule has 4 N–H and O–H groups in total. The summed E-state index contributed by atoms with van der Waals surface area (Å²) in [5.41, 5.74) is 6.99. The molecule has 0 aliphatic heterocycles. The highest BCUT2D eigenvalue weighted by Crippen LogP contribution is 2.20. The van der Waals surface area contributed by atoms with E-state index in [1.54, 1.807) is 18.0 Å². The molecule has 1 unspecified atom stereocenters. The average Bonchev–Trinajstić information content (AvgIpc) is 2.27. The van der Waals surface area contributed by atoms with Gasteiger partial charge in [0.2, 0.25) is 0 Å². The van der Waals surface area contributed by atoms with E-state index < -0.39 is 0 Å². The van der Waals surface area contributed by atoms with Crippen LogP contribution in [0.3, 0.4) is 0 Å². The van der Waals surface area contributed by atoms with E-state index in [1.165, 1.54) is 0 Å². The van der Waals surface area contributed by atoms with Crippen molar-refractivity contribution in [3.63, 3.8) is 0 Å². The number of hydrogen-bond donors (Lipinski definition) is 3. The van der Waals surface area contributed by atoms with Gasteiger partial charge in [0.15, 0.2) is 0 Å². The van der Waals surface area contributed by atoms with Crippen molar-refractivity contribution in [3.8, 4) is 0 Å². The zero-order chi connectivity index (χ0) is 12.0. The SMILES string of the molecule is CC(CCO)SCc1cccnc1C(=N)N. The lowest BCUT2D eigenvalue weighted by Gasteiger charge is -2.11. The van der Waals surface area contributed by atoms with Crippen LogP contribution in [0, 0.1) is 5.41 Å². The normalized spacial score (nSPS) is 12.4. The minimum Gasteiger partial charge on any atom is -0.396 e. The first kappa shape index (κ1) is 13.0. The van der Waals surface area contributed by atoms with Gasteiger partial charge in [0.25, 0.3) is 0 Å². The first-order chi connectivity index (χ1) is 7.65. The molecule has 4 nitrogen and oxygen atoms in total. The van der Waals surface area contributed by atoms with Crippen molar-refractivity contribution in [2.75, 3.05) is 6.61 Å². The van der Waals surface area contributed by atoms with E-state index in [0.29, 0.717) is 10.9 Å². The number of aliphatic hydroxyl groups is 1. The molecular weight excluding hydrogens is 222 g/mol. The molecular formula is C11H17N3OS. The summed E-state index contributed by atoms with van der Waals surface area (Å²) in [7, 11) is 0. The second-order valence-corrected chi connectivity index (χ2v) is 4.99. The van der Waals surface area contributed by atoms with Crippen LogP contribution < -0.4 is 5.73 Å². The van der Waals surface area contributed by atoms with Crippen LogP contribution in [0.15, 0.2) is 18.3 Å². The van der Waals surface area contributed by atoms with Crippen LogP contribution in [-0.4, -0.2) is 27.8 Å². The van der Waals surface area contributed by atoms with Crippen LogP contribution in [0.5, 0.6) is 0 Å². The van der Waals surface area contributed by atoms with Crippen molar-refractivity contribution in [2.45, 2.75) is 24.3 Å². The summed E-state index contributed by atoms with van der Waals surface area (Å²) in [5, 5.41) is 16.6. The number of hydrogen-bond acceptors (Lipinski definition) is 4. The third-order valence-corrected chi connectivity index (χ3v) is 3.49. The maximum absolute atomic E-state index is 8.80. The summed E-state index contributed by atoms with van der Waals surface area (Å²) in [6.45, 7) is 2.28. The first-order valence-corrected chi connectivity index (χ1v) is 6.20. The van der Waals surface area contributed by atoms with Gasteiger partial charge in [-0.15, -0.1) is 0 Å². The fourth-order valence-corrected chi connectivity index (χ4v) is 2.26. The Balaban J connectivity index is 2.63. The Hall–Kier alpha value is -1.07. The second kappa shape index (κ2) is 6.50. The topological polar surface area (TPSA) is 83.0 Å². The molecule has 0 bridgehead atoms. The molecule has 1 aromatic rings. The largest absolute Gasteiger partial charge is 0.396 e. The van der Waals surface area contributed by atoms with Gasteiger partial charge in [0, 0.05) is 23.8 Å². The minimum atomic E-state index is 0.00557. The molecule has 16 heavy (non-hydrogen) atoms. The van der Waals surface area contributed by atoms with Crippen LogP contribution in [-0.2, 0) is 5.75 Å². The molecule has 0 saturated heterocycles. The van der Waals surface area contributed by atoms with Crippen molar-refractivity contribution in [2.24, 2.45) is 5.73 Å². The molecule has 0 fully saturated rings. The third kappa shape index (κ3) is 3.83. The van der Waals surface area contributed by atoms with E-state index in [9.17, 15) is 0 Å². The maximum atomic E-state index is 8.80. The molecule has 0 radical (unpaired) electrons. The number of nitrogen functional groups attached to an aromatic ring is 1. The predicted octanol–water partition coefficient (Wildman–Crippen LogP) is 1.37. The minimum absolute atomic E-state index is 0.00557. The van der Waals surface area contributed by atoms with Gasteiger partial charge in [0.05, 0.1) is 0 Å². The highest BCUT2D eigenvalue weighted by molar-refractivity contribution is 7.99. The summed E-state index contributed by atoms with van der Waals surface area (Å²) in [6, 6.07) is 3.78. The molecule has 1 atom stereocenters. The van der Waals surface area contributed by atoms with Gasteiger partial charge < -0.3 is 10.8 Å². The van der Waals surface area contributed by atoms with Crippen LogP contribution in [0.4, 0.5) is 0 Å². The Bertz CT molecular complexity index is 357. The Kier molecular flexibility index (Phi) is 5.28. The first-order valence-electron chi connectivity index (χ1n) is 5.16. The molecule has 0 aliphatic rings. The molecule has 0 aliphatic carbocycles. The third-order valence-electron chi connectivity index (χ3n) is 2.21. The van der Waals surface area contributed by atoms with Crippen molar-refractivity contribution in [1.29, 1.82) is 5.41 Å². The van der Waals surface area contributed by atoms with Gasteiger partial charge in [0.1, 0.15) is 11.5 Å². The Labute approximate surface area is 99.8 Å². The Morgan fingerprint density at radius 2 is 2.44 bits per heavy atom. The molecule has 5 heteroatoms. The second-order valence-electron chi connectivity index (χ2n) is 3.56. The van der Waals surface area contributed by atoms with Gasteiger partial charge in [-0.1, -0.05) is 13.0 Å². The zero-order valence-electron chi connectivity index (χ0n) is 9.31. The summed E-state index contributed by atoms with van der Waals surface area (Å²) < 4.78 is 0.